The van der Waals surface area contributed by atoms with Crippen molar-refractivity contribution in [2.24, 2.45) is 0 Å². The Hall–Kier alpha value is -2.21. The van der Waals surface area contributed by atoms with E-state index in [0.29, 0.717) is 13.2 Å². The van der Waals surface area contributed by atoms with Gasteiger partial charge in [-0.2, -0.15) is 0 Å². The van der Waals surface area contributed by atoms with Gasteiger partial charge in [0.1, 0.15) is 12.4 Å². The first kappa shape index (κ1) is 14.2. The molecule has 1 heterocycles. The minimum absolute atomic E-state index is 0.246. The van der Waals surface area contributed by atoms with Gasteiger partial charge >= 0.3 is 0 Å². The largest absolute Gasteiger partial charge is 0.369 e. The number of ether oxygens (including phenoxy) is 1. The van der Waals surface area contributed by atoms with Crippen LogP contribution in [0.4, 0.5) is 5.95 Å². The first-order valence-corrected chi connectivity index (χ1v) is 6.55. The van der Waals surface area contributed by atoms with Crippen molar-refractivity contribution < 1.29 is 9.53 Å². The molecule has 106 valence electrons. The molecule has 1 aromatic carbocycles. The number of carbonyl (C=O) groups is 1. The third-order valence-corrected chi connectivity index (χ3v) is 2.74. The Labute approximate surface area is 117 Å². The van der Waals surface area contributed by atoms with E-state index in [1.165, 1.54) is 0 Å². The molecule has 1 atom stereocenters. The summed E-state index contributed by atoms with van der Waals surface area (Å²) < 4.78 is 6.88. The van der Waals surface area contributed by atoms with Gasteiger partial charge in [-0.1, -0.05) is 30.3 Å². The molecule has 0 bridgehead atoms. The predicted octanol–water partition coefficient (Wildman–Crippen LogP) is 1.69. The Morgan fingerprint density at radius 3 is 2.85 bits per heavy atom. The minimum Gasteiger partial charge on any atom is -0.369 e. The van der Waals surface area contributed by atoms with Gasteiger partial charge in [-0.05, 0) is 19.4 Å². The highest BCUT2D eigenvalue weighted by Gasteiger charge is 2.14. The van der Waals surface area contributed by atoms with Gasteiger partial charge in [-0.15, -0.1) is 5.10 Å². The van der Waals surface area contributed by atoms with E-state index in [9.17, 15) is 4.79 Å². The van der Waals surface area contributed by atoms with E-state index in [-0.39, 0.29) is 11.9 Å². The Morgan fingerprint density at radius 2 is 2.15 bits per heavy atom. The van der Waals surface area contributed by atoms with Crippen molar-refractivity contribution in [3.05, 3.63) is 42.2 Å². The van der Waals surface area contributed by atoms with Crippen LogP contribution in [0.2, 0.25) is 0 Å². The van der Waals surface area contributed by atoms with Crippen molar-refractivity contribution in [3.63, 3.8) is 0 Å². The topological polar surface area (TPSA) is 69.0 Å². The van der Waals surface area contributed by atoms with E-state index in [4.69, 9.17) is 4.74 Å². The fourth-order valence-electron chi connectivity index (χ4n) is 1.74. The molecular weight excluding hydrogens is 256 g/mol. The van der Waals surface area contributed by atoms with Gasteiger partial charge in [-0.25, -0.2) is 9.67 Å². The van der Waals surface area contributed by atoms with Crippen LogP contribution in [-0.4, -0.2) is 33.4 Å². The normalized spacial score (nSPS) is 12.1. The van der Waals surface area contributed by atoms with Crippen LogP contribution < -0.4 is 5.32 Å². The van der Waals surface area contributed by atoms with Crippen molar-refractivity contribution in [2.45, 2.75) is 26.5 Å². The first-order chi connectivity index (χ1) is 9.69. The number of rotatable bonds is 6. The summed E-state index contributed by atoms with van der Waals surface area (Å²) in [7, 11) is 0. The molecule has 1 amide bonds. The number of hydrogen-bond donors (Lipinski definition) is 1. The van der Waals surface area contributed by atoms with Crippen LogP contribution in [0, 0.1) is 0 Å². The number of amides is 1. The van der Waals surface area contributed by atoms with E-state index in [1.807, 2.05) is 37.3 Å². The average molecular weight is 274 g/mol. The maximum Gasteiger partial charge on any atom is 0.255 e. The smallest absolute Gasteiger partial charge is 0.255 e. The standard InChI is InChI=1S/C14H18N4O2/c1-3-20-11(2)13(19)16-14-15-10-18(17-14)9-12-7-5-4-6-8-12/h4-8,10-11H,3,9H2,1-2H3,(H,16,17,19)/t11-/m0/s1. The molecule has 0 fully saturated rings. The monoisotopic (exact) mass is 274 g/mol. The van der Waals surface area contributed by atoms with Crippen LogP contribution >= 0.6 is 0 Å². The molecule has 2 rings (SSSR count). The molecule has 0 radical (unpaired) electrons. The van der Waals surface area contributed by atoms with Crippen LogP contribution in [0.15, 0.2) is 36.7 Å². The zero-order valence-corrected chi connectivity index (χ0v) is 11.6. The summed E-state index contributed by atoms with van der Waals surface area (Å²) in [6.07, 6.45) is 1.08. The Morgan fingerprint density at radius 1 is 1.40 bits per heavy atom. The molecule has 1 aromatic heterocycles. The van der Waals surface area contributed by atoms with E-state index in [2.05, 4.69) is 15.4 Å². The maximum absolute atomic E-state index is 11.7. The van der Waals surface area contributed by atoms with Crippen LogP contribution in [0.3, 0.4) is 0 Å². The van der Waals surface area contributed by atoms with Crippen LogP contribution in [-0.2, 0) is 16.1 Å². The number of hydrogen-bond acceptors (Lipinski definition) is 4. The molecule has 0 aliphatic carbocycles. The van der Waals surface area contributed by atoms with E-state index in [1.54, 1.807) is 17.9 Å². The maximum atomic E-state index is 11.7. The fourth-order valence-corrected chi connectivity index (χ4v) is 1.74. The van der Waals surface area contributed by atoms with Crippen molar-refractivity contribution in [1.29, 1.82) is 0 Å². The molecule has 6 heteroatoms. The fraction of sp³-hybridized carbons (Fsp3) is 0.357. The molecule has 0 saturated carbocycles. The zero-order valence-electron chi connectivity index (χ0n) is 11.6. The molecule has 2 aromatic rings. The Kier molecular flexibility index (Phi) is 4.84. The van der Waals surface area contributed by atoms with E-state index < -0.39 is 6.10 Å². The molecule has 0 saturated heterocycles. The molecule has 20 heavy (non-hydrogen) atoms. The number of carbonyl (C=O) groups excluding carboxylic acids is 1. The number of anilines is 1. The summed E-state index contributed by atoms with van der Waals surface area (Å²) in [5.41, 5.74) is 1.12. The highest BCUT2D eigenvalue weighted by Crippen LogP contribution is 2.04. The van der Waals surface area contributed by atoms with Crippen LogP contribution in [0.1, 0.15) is 19.4 Å². The lowest BCUT2D eigenvalue weighted by Gasteiger charge is -2.09. The summed E-state index contributed by atoms with van der Waals surface area (Å²) >= 11 is 0. The Bertz CT molecular complexity index is 553. The summed E-state index contributed by atoms with van der Waals surface area (Å²) in [6.45, 7) is 4.64. The van der Waals surface area contributed by atoms with Crippen molar-refractivity contribution in [1.82, 2.24) is 14.8 Å². The second-order valence-corrected chi connectivity index (χ2v) is 4.34. The van der Waals surface area contributed by atoms with Crippen molar-refractivity contribution >= 4 is 11.9 Å². The summed E-state index contributed by atoms with van der Waals surface area (Å²) in [6, 6.07) is 9.93. The predicted molar refractivity (Wildman–Crippen MR) is 75.3 cm³/mol. The van der Waals surface area contributed by atoms with Crippen molar-refractivity contribution in [3.8, 4) is 0 Å². The van der Waals surface area contributed by atoms with Gasteiger partial charge in [0.2, 0.25) is 5.95 Å². The van der Waals surface area contributed by atoms with Gasteiger partial charge < -0.3 is 4.74 Å². The molecule has 0 aliphatic rings. The summed E-state index contributed by atoms with van der Waals surface area (Å²) in [5.74, 6) is 0.0433. The second-order valence-electron chi connectivity index (χ2n) is 4.34. The van der Waals surface area contributed by atoms with Gasteiger partial charge in [0, 0.05) is 6.61 Å². The number of benzene rings is 1. The molecule has 6 nitrogen and oxygen atoms in total. The highest BCUT2D eigenvalue weighted by molar-refractivity contribution is 5.92. The lowest BCUT2D eigenvalue weighted by molar-refractivity contribution is -0.126. The third kappa shape index (κ3) is 3.89. The second kappa shape index (κ2) is 6.81. The third-order valence-electron chi connectivity index (χ3n) is 2.74. The molecular formula is C14H18N4O2. The molecule has 0 unspecified atom stereocenters. The minimum atomic E-state index is -0.513. The number of nitrogens with zero attached hydrogens (tertiary/aromatic N) is 3. The number of nitrogens with one attached hydrogen (secondary N) is 1. The van der Waals surface area contributed by atoms with Gasteiger partial charge in [0.15, 0.2) is 0 Å². The quantitative estimate of drug-likeness (QED) is 0.870. The number of aromatic nitrogens is 3. The van der Waals surface area contributed by atoms with Gasteiger partial charge in [0.25, 0.3) is 5.91 Å². The molecule has 0 aliphatic heterocycles. The van der Waals surface area contributed by atoms with Gasteiger partial charge in [0.05, 0.1) is 6.54 Å². The van der Waals surface area contributed by atoms with Gasteiger partial charge in [-0.3, -0.25) is 10.1 Å². The SMILES string of the molecule is CCO[C@@H](C)C(=O)Nc1ncn(Cc2ccccc2)n1. The summed E-state index contributed by atoms with van der Waals surface area (Å²) in [5, 5.41) is 6.83. The lowest BCUT2D eigenvalue weighted by atomic mass is 10.2. The molecule has 1 N–H and O–H groups in total. The van der Waals surface area contributed by atoms with E-state index >= 15 is 0 Å². The Balaban J connectivity index is 1.94. The van der Waals surface area contributed by atoms with E-state index in [0.717, 1.165) is 5.56 Å². The van der Waals surface area contributed by atoms with Crippen LogP contribution in [0.5, 0.6) is 0 Å². The average Bonchev–Trinajstić information content (AvgIpc) is 2.87. The first-order valence-electron chi connectivity index (χ1n) is 6.55. The highest BCUT2D eigenvalue weighted by atomic mass is 16.5. The van der Waals surface area contributed by atoms with Crippen LogP contribution in [0.25, 0.3) is 0 Å². The molecule has 0 spiro atoms. The van der Waals surface area contributed by atoms with Crippen molar-refractivity contribution in [2.75, 3.05) is 11.9 Å². The zero-order chi connectivity index (χ0) is 14.4. The lowest BCUT2D eigenvalue weighted by Crippen LogP contribution is -2.28. The summed E-state index contributed by atoms with van der Waals surface area (Å²) in [4.78, 5) is 15.8.